The molecule has 0 aliphatic rings. The van der Waals surface area contributed by atoms with Crippen molar-refractivity contribution < 1.29 is 19.0 Å². The minimum absolute atomic E-state index is 0.000695. The molecule has 1 heterocycles. The van der Waals surface area contributed by atoms with Crippen LogP contribution in [0.15, 0.2) is 47.8 Å². The molecule has 2 aromatic carbocycles. The molecule has 170 valence electrons. The summed E-state index contributed by atoms with van der Waals surface area (Å²) in [5.41, 5.74) is 2.27. The molecule has 3 aromatic rings. The lowest BCUT2D eigenvalue weighted by molar-refractivity contribution is -0.136. The SMILES string of the molecule is COc1cc(OC)c(OC)cc1CN(C(=O)Cc1csc(-c2ccccc2)n1)C(C)(C)C. The number of benzene rings is 2. The standard InChI is InChI=1S/C25H30N2O4S/c1-25(2,3)27(15-18-12-21(30-5)22(31-6)14-20(18)29-4)23(28)13-19-16-32-24(26-19)17-10-8-7-9-11-17/h7-12,14,16H,13,15H2,1-6H3. The Bertz CT molecular complexity index is 1060. The Kier molecular flexibility index (Phi) is 7.40. The van der Waals surface area contributed by atoms with Crippen LogP contribution in [0.3, 0.4) is 0 Å². The molecule has 1 aromatic heterocycles. The van der Waals surface area contributed by atoms with Crippen LogP contribution in [0.4, 0.5) is 0 Å². The van der Waals surface area contributed by atoms with E-state index >= 15 is 0 Å². The minimum atomic E-state index is -0.395. The van der Waals surface area contributed by atoms with Crippen molar-refractivity contribution in [3.05, 3.63) is 59.1 Å². The number of carbonyl (C=O) groups excluding carboxylic acids is 1. The number of methoxy groups -OCH3 is 3. The number of hydrogen-bond acceptors (Lipinski definition) is 6. The third kappa shape index (κ3) is 5.40. The number of amides is 1. The molecule has 0 bridgehead atoms. The molecule has 6 nitrogen and oxygen atoms in total. The number of aromatic nitrogens is 1. The van der Waals surface area contributed by atoms with Crippen LogP contribution in [-0.4, -0.2) is 42.7 Å². The van der Waals surface area contributed by atoms with Crippen LogP contribution in [0.5, 0.6) is 17.2 Å². The van der Waals surface area contributed by atoms with E-state index in [-0.39, 0.29) is 12.3 Å². The molecule has 0 unspecified atom stereocenters. The van der Waals surface area contributed by atoms with E-state index in [1.54, 1.807) is 38.7 Å². The molecule has 0 radical (unpaired) electrons. The summed E-state index contributed by atoms with van der Waals surface area (Å²) in [6, 6.07) is 13.6. The van der Waals surface area contributed by atoms with Gasteiger partial charge in [0.25, 0.3) is 0 Å². The maximum atomic E-state index is 13.4. The molecule has 3 rings (SSSR count). The first-order valence-electron chi connectivity index (χ1n) is 10.4. The Morgan fingerprint density at radius 1 is 0.969 bits per heavy atom. The van der Waals surface area contributed by atoms with E-state index < -0.39 is 5.54 Å². The number of carbonyl (C=O) groups is 1. The number of nitrogens with zero attached hydrogens (tertiary/aromatic N) is 2. The Hall–Kier alpha value is -3.06. The normalized spacial score (nSPS) is 11.2. The molecule has 0 N–H and O–H groups in total. The first-order valence-corrected chi connectivity index (χ1v) is 11.2. The second-order valence-electron chi connectivity index (χ2n) is 8.36. The zero-order valence-corrected chi connectivity index (χ0v) is 20.3. The van der Waals surface area contributed by atoms with Gasteiger partial charge in [-0.15, -0.1) is 11.3 Å². The quantitative estimate of drug-likeness (QED) is 0.468. The highest BCUT2D eigenvalue weighted by atomic mass is 32.1. The zero-order valence-electron chi connectivity index (χ0n) is 19.5. The number of rotatable bonds is 8. The highest BCUT2D eigenvalue weighted by Gasteiger charge is 2.28. The van der Waals surface area contributed by atoms with Crippen molar-refractivity contribution in [2.24, 2.45) is 0 Å². The average molecular weight is 455 g/mol. The predicted molar refractivity (Wildman–Crippen MR) is 128 cm³/mol. The zero-order chi connectivity index (χ0) is 23.3. The highest BCUT2D eigenvalue weighted by Crippen LogP contribution is 2.36. The molecule has 1 amide bonds. The molecule has 0 aliphatic heterocycles. The van der Waals surface area contributed by atoms with Gasteiger partial charge in [-0.1, -0.05) is 30.3 Å². The van der Waals surface area contributed by atoms with E-state index in [1.807, 2.05) is 67.4 Å². The molecule has 0 saturated heterocycles. The van der Waals surface area contributed by atoms with Gasteiger partial charge in [0.2, 0.25) is 5.91 Å². The van der Waals surface area contributed by atoms with E-state index in [9.17, 15) is 4.79 Å². The van der Waals surface area contributed by atoms with Crippen LogP contribution >= 0.6 is 11.3 Å². The predicted octanol–water partition coefficient (Wildman–Crippen LogP) is 5.21. The summed E-state index contributed by atoms with van der Waals surface area (Å²) >= 11 is 1.55. The van der Waals surface area contributed by atoms with Gasteiger partial charge in [0.15, 0.2) is 11.5 Å². The Morgan fingerprint density at radius 2 is 1.59 bits per heavy atom. The lowest BCUT2D eigenvalue weighted by Crippen LogP contribution is -2.45. The molecule has 0 aliphatic carbocycles. The lowest BCUT2D eigenvalue weighted by atomic mass is 10.0. The maximum absolute atomic E-state index is 13.4. The van der Waals surface area contributed by atoms with E-state index in [0.717, 1.165) is 21.8 Å². The number of hydrogen-bond donors (Lipinski definition) is 0. The van der Waals surface area contributed by atoms with E-state index in [2.05, 4.69) is 4.98 Å². The van der Waals surface area contributed by atoms with Gasteiger partial charge in [-0.25, -0.2) is 4.98 Å². The molecular formula is C25H30N2O4S. The van der Waals surface area contributed by atoms with Gasteiger partial charge < -0.3 is 19.1 Å². The third-order valence-electron chi connectivity index (χ3n) is 5.13. The van der Waals surface area contributed by atoms with Crippen LogP contribution in [-0.2, 0) is 17.8 Å². The molecule has 0 fully saturated rings. The van der Waals surface area contributed by atoms with Gasteiger partial charge in [-0.3, -0.25) is 4.79 Å². The fourth-order valence-electron chi connectivity index (χ4n) is 3.44. The molecule has 0 spiro atoms. The Labute approximate surface area is 193 Å². The van der Waals surface area contributed by atoms with Gasteiger partial charge in [0.05, 0.1) is 33.4 Å². The molecular weight excluding hydrogens is 424 g/mol. The topological polar surface area (TPSA) is 60.9 Å². The van der Waals surface area contributed by atoms with Crippen LogP contribution in [0.25, 0.3) is 10.6 Å². The van der Waals surface area contributed by atoms with Crippen molar-refractivity contribution in [1.82, 2.24) is 9.88 Å². The van der Waals surface area contributed by atoms with Gasteiger partial charge >= 0.3 is 0 Å². The van der Waals surface area contributed by atoms with Crippen LogP contribution in [0, 0.1) is 0 Å². The van der Waals surface area contributed by atoms with E-state index in [0.29, 0.717) is 23.8 Å². The molecule has 32 heavy (non-hydrogen) atoms. The fourth-order valence-corrected chi connectivity index (χ4v) is 4.26. The maximum Gasteiger partial charge on any atom is 0.229 e. The van der Waals surface area contributed by atoms with Crippen molar-refractivity contribution in [3.63, 3.8) is 0 Å². The number of thiazole rings is 1. The summed E-state index contributed by atoms with van der Waals surface area (Å²) < 4.78 is 16.4. The van der Waals surface area contributed by atoms with Crippen molar-refractivity contribution in [2.45, 2.75) is 39.3 Å². The summed E-state index contributed by atoms with van der Waals surface area (Å²) in [5.74, 6) is 1.82. The Morgan fingerprint density at radius 3 is 2.19 bits per heavy atom. The summed E-state index contributed by atoms with van der Waals surface area (Å²) in [7, 11) is 4.78. The Balaban J connectivity index is 1.85. The minimum Gasteiger partial charge on any atom is -0.496 e. The van der Waals surface area contributed by atoms with Gasteiger partial charge in [0.1, 0.15) is 10.8 Å². The molecule has 7 heteroatoms. The van der Waals surface area contributed by atoms with Crippen molar-refractivity contribution in [2.75, 3.05) is 21.3 Å². The second-order valence-corrected chi connectivity index (χ2v) is 9.21. The fraction of sp³-hybridized carbons (Fsp3) is 0.360. The van der Waals surface area contributed by atoms with Crippen LogP contribution in [0.1, 0.15) is 32.0 Å². The first kappa shape index (κ1) is 23.6. The van der Waals surface area contributed by atoms with Crippen LogP contribution < -0.4 is 14.2 Å². The van der Waals surface area contributed by atoms with Gasteiger partial charge in [-0.05, 0) is 26.8 Å². The van der Waals surface area contributed by atoms with Crippen molar-refractivity contribution >= 4 is 17.2 Å². The van der Waals surface area contributed by atoms with E-state index in [1.165, 1.54) is 0 Å². The third-order valence-corrected chi connectivity index (χ3v) is 6.07. The van der Waals surface area contributed by atoms with Gasteiger partial charge in [-0.2, -0.15) is 0 Å². The first-order chi connectivity index (χ1) is 15.3. The summed E-state index contributed by atoms with van der Waals surface area (Å²) in [4.78, 5) is 19.9. The average Bonchev–Trinajstić information content (AvgIpc) is 3.24. The summed E-state index contributed by atoms with van der Waals surface area (Å²) in [6.07, 6.45) is 0.232. The van der Waals surface area contributed by atoms with Crippen molar-refractivity contribution in [3.8, 4) is 27.8 Å². The lowest BCUT2D eigenvalue weighted by Gasteiger charge is -2.36. The van der Waals surface area contributed by atoms with Crippen LogP contribution in [0.2, 0.25) is 0 Å². The monoisotopic (exact) mass is 454 g/mol. The summed E-state index contributed by atoms with van der Waals surface area (Å²) in [5, 5.41) is 2.87. The number of ether oxygens (including phenoxy) is 3. The van der Waals surface area contributed by atoms with Gasteiger partial charge in [0, 0.05) is 34.7 Å². The second kappa shape index (κ2) is 10.0. The molecule has 0 atom stereocenters. The largest absolute Gasteiger partial charge is 0.496 e. The van der Waals surface area contributed by atoms with E-state index in [4.69, 9.17) is 14.2 Å². The highest BCUT2D eigenvalue weighted by molar-refractivity contribution is 7.13. The summed E-state index contributed by atoms with van der Waals surface area (Å²) in [6.45, 7) is 6.44. The molecule has 0 saturated carbocycles. The van der Waals surface area contributed by atoms with Crippen molar-refractivity contribution in [1.29, 1.82) is 0 Å². The smallest absolute Gasteiger partial charge is 0.229 e.